The van der Waals surface area contributed by atoms with Crippen LogP contribution in [-0.4, -0.2) is 43.4 Å². The molecule has 94 valence electrons. The van der Waals surface area contributed by atoms with E-state index in [4.69, 9.17) is 15.2 Å². The van der Waals surface area contributed by atoms with Gasteiger partial charge >= 0.3 is 0 Å². The second-order valence-corrected chi connectivity index (χ2v) is 4.79. The Balaban J connectivity index is 2.46. The number of hydrogen-bond donors (Lipinski definition) is 2. The maximum atomic E-state index is 11.4. The molecule has 16 heavy (non-hydrogen) atoms. The fraction of sp³-hybridized carbons (Fsp3) is 0.909. The molecular weight excluding hydrogens is 208 g/mol. The lowest BCUT2D eigenvalue weighted by molar-refractivity contribution is -0.127. The molecule has 1 heterocycles. The lowest BCUT2D eigenvalue weighted by atomic mass is 10.0. The van der Waals surface area contributed by atoms with E-state index in [2.05, 4.69) is 5.32 Å². The lowest BCUT2D eigenvalue weighted by Crippen LogP contribution is -2.58. The molecule has 5 nitrogen and oxygen atoms in total. The van der Waals surface area contributed by atoms with Crippen LogP contribution in [0.2, 0.25) is 0 Å². The third-order valence-corrected chi connectivity index (χ3v) is 2.65. The Morgan fingerprint density at radius 3 is 2.81 bits per heavy atom. The van der Waals surface area contributed by atoms with Crippen LogP contribution in [-0.2, 0) is 14.3 Å². The Morgan fingerprint density at radius 2 is 2.38 bits per heavy atom. The van der Waals surface area contributed by atoms with Crippen LogP contribution < -0.4 is 11.1 Å². The molecular formula is C11H22N2O3. The largest absolute Gasteiger partial charge is 0.379 e. The molecule has 3 N–H and O–H groups in total. The lowest BCUT2D eigenvalue weighted by Gasteiger charge is -2.30. The van der Waals surface area contributed by atoms with Gasteiger partial charge in [0.25, 0.3) is 0 Å². The summed E-state index contributed by atoms with van der Waals surface area (Å²) in [7, 11) is 0. The van der Waals surface area contributed by atoms with Crippen molar-refractivity contribution in [3.05, 3.63) is 0 Å². The number of carbonyl (C=O) groups excluding carboxylic acids is 1. The highest BCUT2D eigenvalue weighted by atomic mass is 16.5. The highest BCUT2D eigenvalue weighted by Crippen LogP contribution is 2.12. The molecule has 0 bridgehead atoms. The van der Waals surface area contributed by atoms with E-state index in [1.54, 1.807) is 6.92 Å². The van der Waals surface area contributed by atoms with Crippen molar-refractivity contribution in [2.45, 2.75) is 44.9 Å². The maximum Gasteiger partial charge on any atom is 0.239 e. The predicted octanol–water partition coefficient (Wildman–Crippen LogP) is 0.0339. The van der Waals surface area contributed by atoms with Gasteiger partial charge in [-0.2, -0.15) is 0 Å². The SMILES string of the molecule is CC(C)NC(C)(COC1CCOC1)C(N)=O. The summed E-state index contributed by atoms with van der Waals surface area (Å²) >= 11 is 0. The second kappa shape index (κ2) is 5.61. The first kappa shape index (κ1) is 13.4. The molecule has 0 aromatic carbocycles. The summed E-state index contributed by atoms with van der Waals surface area (Å²) in [5, 5.41) is 3.14. The third kappa shape index (κ3) is 3.73. The molecule has 0 radical (unpaired) electrons. The van der Waals surface area contributed by atoms with Gasteiger partial charge in [0.2, 0.25) is 5.91 Å². The van der Waals surface area contributed by atoms with E-state index < -0.39 is 5.54 Å². The van der Waals surface area contributed by atoms with Gasteiger partial charge in [-0.3, -0.25) is 10.1 Å². The van der Waals surface area contributed by atoms with Gasteiger partial charge in [-0.05, 0) is 27.2 Å². The summed E-state index contributed by atoms with van der Waals surface area (Å²) in [6, 6.07) is 0.181. The van der Waals surface area contributed by atoms with Gasteiger partial charge < -0.3 is 15.2 Å². The minimum absolute atomic E-state index is 0.0904. The topological polar surface area (TPSA) is 73.6 Å². The molecule has 0 aromatic heterocycles. The van der Waals surface area contributed by atoms with Gasteiger partial charge in [-0.25, -0.2) is 0 Å². The Morgan fingerprint density at radius 1 is 1.69 bits per heavy atom. The highest BCUT2D eigenvalue weighted by Gasteiger charge is 2.33. The van der Waals surface area contributed by atoms with Crippen LogP contribution in [0.25, 0.3) is 0 Å². The maximum absolute atomic E-state index is 11.4. The molecule has 5 heteroatoms. The van der Waals surface area contributed by atoms with Gasteiger partial charge in [-0.15, -0.1) is 0 Å². The van der Waals surface area contributed by atoms with E-state index in [1.165, 1.54) is 0 Å². The third-order valence-electron chi connectivity index (χ3n) is 2.65. The zero-order chi connectivity index (χ0) is 12.2. The van der Waals surface area contributed by atoms with Crippen molar-refractivity contribution in [2.24, 2.45) is 5.73 Å². The summed E-state index contributed by atoms with van der Waals surface area (Å²) in [5.41, 5.74) is 4.58. The van der Waals surface area contributed by atoms with E-state index >= 15 is 0 Å². The summed E-state index contributed by atoms with van der Waals surface area (Å²) in [6.07, 6.45) is 0.976. The number of ether oxygens (including phenoxy) is 2. The molecule has 1 saturated heterocycles. The summed E-state index contributed by atoms with van der Waals surface area (Å²) in [4.78, 5) is 11.4. The zero-order valence-corrected chi connectivity index (χ0v) is 10.3. The van der Waals surface area contributed by atoms with Crippen molar-refractivity contribution in [1.29, 1.82) is 0 Å². The van der Waals surface area contributed by atoms with E-state index in [0.29, 0.717) is 6.61 Å². The molecule has 1 aliphatic heterocycles. The monoisotopic (exact) mass is 230 g/mol. The van der Waals surface area contributed by atoms with Crippen LogP contribution in [0.5, 0.6) is 0 Å². The van der Waals surface area contributed by atoms with E-state index in [-0.39, 0.29) is 24.7 Å². The van der Waals surface area contributed by atoms with Crippen LogP contribution in [0, 0.1) is 0 Å². The van der Waals surface area contributed by atoms with Gasteiger partial charge in [0.05, 0.1) is 19.3 Å². The molecule has 1 fully saturated rings. The van der Waals surface area contributed by atoms with E-state index in [0.717, 1.165) is 13.0 Å². The molecule has 1 rings (SSSR count). The standard InChI is InChI=1S/C11H22N2O3/c1-8(2)13-11(3,10(12)14)7-16-9-4-5-15-6-9/h8-9,13H,4-7H2,1-3H3,(H2,12,14). The number of hydrogen-bond acceptors (Lipinski definition) is 4. The Bertz CT molecular complexity index is 239. The van der Waals surface area contributed by atoms with Gasteiger partial charge in [-0.1, -0.05) is 0 Å². The summed E-state index contributed by atoms with van der Waals surface area (Å²) in [5.74, 6) is -0.389. The molecule has 2 atom stereocenters. The van der Waals surface area contributed by atoms with E-state index in [9.17, 15) is 4.79 Å². The van der Waals surface area contributed by atoms with Gasteiger partial charge in [0.1, 0.15) is 5.54 Å². The Kier molecular flexibility index (Phi) is 4.70. The number of rotatable bonds is 6. The van der Waals surface area contributed by atoms with Crippen molar-refractivity contribution < 1.29 is 14.3 Å². The van der Waals surface area contributed by atoms with Crippen LogP contribution >= 0.6 is 0 Å². The summed E-state index contributed by atoms with van der Waals surface area (Å²) in [6.45, 7) is 7.34. The number of nitrogens with one attached hydrogen (secondary N) is 1. The first-order valence-corrected chi connectivity index (χ1v) is 5.71. The van der Waals surface area contributed by atoms with Crippen LogP contribution in [0.15, 0.2) is 0 Å². The van der Waals surface area contributed by atoms with Crippen molar-refractivity contribution in [3.8, 4) is 0 Å². The van der Waals surface area contributed by atoms with Crippen molar-refractivity contribution in [2.75, 3.05) is 19.8 Å². The number of nitrogens with two attached hydrogens (primary N) is 1. The van der Waals surface area contributed by atoms with Crippen LogP contribution in [0.1, 0.15) is 27.2 Å². The number of carbonyl (C=O) groups is 1. The fourth-order valence-corrected chi connectivity index (χ4v) is 1.75. The fourth-order valence-electron chi connectivity index (χ4n) is 1.75. The van der Waals surface area contributed by atoms with Crippen molar-refractivity contribution >= 4 is 5.91 Å². The normalized spacial score (nSPS) is 24.6. The highest BCUT2D eigenvalue weighted by molar-refractivity contribution is 5.84. The molecule has 1 amide bonds. The molecule has 2 unspecified atom stereocenters. The Hall–Kier alpha value is -0.650. The minimum Gasteiger partial charge on any atom is -0.379 e. The first-order valence-electron chi connectivity index (χ1n) is 5.71. The quantitative estimate of drug-likeness (QED) is 0.675. The predicted molar refractivity (Wildman–Crippen MR) is 61.0 cm³/mol. The van der Waals surface area contributed by atoms with Crippen molar-refractivity contribution in [3.63, 3.8) is 0 Å². The smallest absolute Gasteiger partial charge is 0.239 e. The average molecular weight is 230 g/mol. The second-order valence-electron chi connectivity index (χ2n) is 4.79. The minimum atomic E-state index is -0.809. The molecule has 0 spiro atoms. The molecule has 1 aliphatic rings. The van der Waals surface area contributed by atoms with Crippen LogP contribution in [0.4, 0.5) is 0 Å². The summed E-state index contributed by atoms with van der Waals surface area (Å²) < 4.78 is 10.8. The number of amides is 1. The Labute approximate surface area is 96.7 Å². The van der Waals surface area contributed by atoms with Gasteiger partial charge in [0, 0.05) is 12.6 Å². The molecule has 0 saturated carbocycles. The molecule has 0 aromatic rings. The van der Waals surface area contributed by atoms with Gasteiger partial charge in [0.15, 0.2) is 0 Å². The van der Waals surface area contributed by atoms with E-state index in [1.807, 2.05) is 13.8 Å². The first-order chi connectivity index (χ1) is 7.44. The van der Waals surface area contributed by atoms with Crippen molar-refractivity contribution in [1.82, 2.24) is 5.32 Å². The number of primary amides is 1. The average Bonchev–Trinajstić information content (AvgIpc) is 2.65. The zero-order valence-electron chi connectivity index (χ0n) is 10.3. The molecule has 0 aliphatic carbocycles. The van der Waals surface area contributed by atoms with Crippen LogP contribution in [0.3, 0.4) is 0 Å².